The Balaban J connectivity index is 2.18. The van der Waals surface area contributed by atoms with Gasteiger partial charge in [-0.05, 0) is 82.5 Å². The van der Waals surface area contributed by atoms with Crippen LogP contribution in [0, 0.1) is 13.8 Å². The number of amides is 2. The molecule has 0 aliphatic carbocycles. The third-order valence-electron chi connectivity index (χ3n) is 4.75. The zero-order chi connectivity index (χ0) is 22.5. The van der Waals surface area contributed by atoms with Crippen LogP contribution in [0.5, 0.6) is 5.75 Å². The zero-order valence-electron chi connectivity index (χ0n) is 18.6. The van der Waals surface area contributed by atoms with Gasteiger partial charge in [0.25, 0.3) is 5.91 Å². The Kier molecular flexibility index (Phi) is 7.90. The summed E-state index contributed by atoms with van der Waals surface area (Å²) in [5.74, 6) is 0.134. The predicted molar refractivity (Wildman–Crippen MR) is 121 cm³/mol. The minimum absolute atomic E-state index is 0.157. The van der Waals surface area contributed by atoms with E-state index < -0.39 is 11.6 Å². The van der Waals surface area contributed by atoms with Gasteiger partial charge < -0.3 is 15.0 Å². The number of carbonyl (C=O) groups is 2. The topological polar surface area (TPSA) is 58.6 Å². The van der Waals surface area contributed by atoms with Crippen molar-refractivity contribution in [2.45, 2.75) is 59.7 Å². The largest absolute Gasteiger partial charge is 0.484 e. The van der Waals surface area contributed by atoms with Crippen molar-refractivity contribution < 1.29 is 14.3 Å². The van der Waals surface area contributed by atoms with Crippen molar-refractivity contribution in [1.82, 2.24) is 10.2 Å². The van der Waals surface area contributed by atoms with Crippen LogP contribution >= 0.6 is 11.6 Å². The fourth-order valence-corrected chi connectivity index (χ4v) is 3.13. The number of hydrogen-bond acceptors (Lipinski definition) is 3. The summed E-state index contributed by atoms with van der Waals surface area (Å²) in [5.41, 5.74) is 2.70. The smallest absolute Gasteiger partial charge is 0.261 e. The van der Waals surface area contributed by atoms with Crippen molar-refractivity contribution in [2.75, 3.05) is 6.61 Å². The molecular weight excluding hydrogens is 400 g/mol. The summed E-state index contributed by atoms with van der Waals surface area (Å²) in [6.07, 6.45) is 0. The van der Waals surface area contributed by atoms with Crippen LogP contribution in [0.4, 0.5) is 0 Å². The zero-order valence-corrected chi connectivity index (χ0v) is 19.3. The number of rotatable bonds is 7. The first-order chi connectivity index (χ1) is 14.0. The molecule has 162 valence electrons. The summed E-state index contributed by atoms with van der Waals surface area (Å²) in [6.45, 7) is 11.6. The first-order valence-corrected chi connectivity index (χ1v) is 10.4. The van der Waals surface area contributed by atoms with E-state index in [0.29, 0.717) is 10.8 Å². The van der Waals surface area contributed by atoms with E-state index in [1.165, 1.54) is 4.90 Å². The summed E-state index contributed by atoms with van der Waals surface area (Å²) in [4.78, 5) is 27.3. The maximum Gasteiger partial charge on any atom is 0.261 e. The van der Waals surface area contributed by atoms with Crippen LogP contribution in [0.3, 0.4) is 0 Å². The SMILES string of the molecule is Cc1ccc(OCC(=O)N(Cc2cccc(Cl)c2)C(C)C(=O)NC(C)(C)C)cc1C. The van der Waals surface area contributed by atoms with Crippen LogP contribution in [-0.2, 0) is 16.1 Å². The molecule has 0 saturated carbocycles. The van der Waals surface area contributed by atoms with Gasteiger partial charge in [0.15, 0.2) is 6.61 Å². The predicted octanol–water partition coefficient (Wildman–Crippen LogP) is 4.67. The van der Waals surface area contributed by atoms with E-state index in [1.54, 1.807) is 19.1 Å². The standard InChI is InChI=1S/C24H31ClN2O3/c1-16-10-11-21(12-17(16)2)30-15-22(28)27(14-19-8-7-9-20(25)13-19)18(3)23(29)26-24(4,5)6/h7-13,18H,14-15H2,1-6H3,(H,26,29). The number of nitrogens with one attached hydrogen (secondary N) is 1. The number of hydrogen-bond donors (Lipinski definition) is 1. The molecule has 1 N–H and O–H groups in total. The third kappa shape index (κ3) is 7.06. The molecule has 1 atom stereocenters. The lowest BCUT2D eigenvalue weighted by Gasteiger charge is -2.31. The average Bonchev–Trinajstić information content (AvgIpc) is 2.65. The Morgan fingerprint density at radius 3 is 2.40 bits per heavy atom. The van der Waals surface area contributed by atoms with E-state index >= 15 is 0 Å². The minimum atomic E-state index is -0.668. The van der Waals surface area contributed by atoms with Crippen molar-refractivity contribution >= 4 is 23.4 Å². The highest BCUT2D eigenvalue weighted by Crippen LogP contribution is 2.18. The van der Waals surface area contributed by atoms with Gasteiger partial charge in [-0.1, -0.05) is 29.8 Å². The molecule has 6 heteroatoms. The number of carbonyl (C=O) groups excluding carboxylic acids is 2. The van der Waals surface area contributed by atoms with Crippen molar-refractivity contribution in [3.63, 3.8) is 0 Å². The van der Waals surface area contributed by atoms with Crippen LogP contribution in [0.25, 0.3) is 0 Å². The van der Waals surface area contributed by atoms with Gasteiger partial charge in [-0.15, -0.1) is 0 Å². The molecule has 0 radical (unpaired) electrons. The van der Waals surface area contributed by atoms with Gasteiger partial charge in [-0.25, -0.2) is 0 Å². The number of benzene rings is 2. The summed E-state index contributed by atoms with van der Waals surface area (Å²) in [5, 5.41) is 3.52. The number of aryl methyl sites for hydroxylation is 2. The molecule has 0 spiro atoms. The van der Waals surface area contributed by atoms with E-state index in [0.717, 1.165) is 16.7 Å². The Morgan fingerprint density at radius 2 is 1.80 bits per heavy atom. The molecule has 0 fully saturated rings. The van der Waals surface area contributed by atoms with E-state index in [-0.39, 0.29) is 25.0 Å². The van der Waals surface area contributed by atoms with Gasteiger partial charge in [0.2, 0.25) is 5.91 Å². The highest BCUT2D eigenvalue weighted by Gasteiger charge is 2.28. The van der Waals surface area contributed by atoms with Gasteiger partial charge in [0, 0.05) is 17.1 Å². The fraction of sp³-hybridized carbons (Fsp3) is 0.417. The van der Waals surface area contributed by atoms with E-state index in [9.17, 15) is 9.59 Å². The van der Waals surface area contributed by atoms with Crippen LogP contribution in [0.15, 0.2) is 42.5 Å². The number of ether oxygens (including phenoxy) is 1. The van der Waals surface area contributed by atoms with Crippen LogP contribution in [0.1, 0.15) is 44.4 Å². The van der Waals surface area contributed by atoms with E-state index in [2.05, 4.69) is 5.32 Å². The first kappa shape index (κ1) is 23.7. The molecule has 1 unspecified atom stereocenters. The molecule has 2 aromatic rings. The van der Waals surface area contributed by atoms with Gasteiger partial charge in [0.05, 0.1) is 0 Å². The Morgan fingerprint density at radius 1 is 1.10 bits per heavy atom. The Labute approximate surface area is 184 Å². The first-order valence-electron chi connectivity index (χ1n) is 10.0. The second-order valence-electron chi connectivity index (χ2n) is 8.60. The molecule has 0 heterocycles. The monoisotopic (exact) mass is 430 g/mol. The number of nitrogens with zero attached hydrogens (tertiary/aromatic N) is 1. The Hall–Kier alpha value is -2.53. The van der Waals surface area contributed by atoms with E-state index in [4.69, 9.17) is 16.3 Å². The second-order valence-corrected chi connectivity index (χ2v) is 9.04. The normalized spacial score (nSPS) is 12.2. The van der Waals surface area contributed by atoms with Crippen LogP contribution < -0.4 is 10.1 Å². The molecular formula is C24H31ClN2O3. The average molecular weight is 431 g/mol. The van der Waals surface area contributed by atoms with Gasteiger partial charge >= 0.3 is 0 Å². The Bertz CT molecular complexity index is 906. The quantitative estimate of drug-likeness (QED) is 0.694. The molecule has 2 amide bonds. The summed E-state index contributed by atoms with van der Waals surface area (Å²) >= 11 is 6.10. The fourth-order valence-electron chi connectivity index (χ4n) is 2.92. The maximum absolute atomic E-state index is 13.1. The molecule has 0 aliphatic rings. The molecule has 0 aromatic heterocycles. The molecule has 0 saturated heterocycles. The highest BCUT2D eigenvalue weighted by molar-refractivity contribution is 6.30. The van der Waals surface area contributed by atoms with Crippen molar-refractivity contribution in [3.8, 4) is 5.75 Å². The van der Waals surface area contributed by atoms with Crippen molar-refractivity contribution in [3.05, 3.63) is 64.2 Å². The van der Waals surface area contributed by atoms with E-state index in [1.807, 2.05) is 65.0 Å². The third-order valence-corrected chi connectivity index (χ3v) is 4.98. The van der Waals surface area contributed by atoms with Crippen LogP contribution in [-0.4, -0.2) is 34.9 Å². The number of halogens is 1. The lowest BCUT2D eigenvalue weighted by Crippen LogP contribution is -2.53. The lowest BCUT2D eigenvalue weighted by atomic mass is 10.1. The molecule has 30 heavy (non-hydrogen) atoms. The molecule has 5 nitrogen and oxygen atoms in total. The molecule has 0 aliphatic heterocycles. The maximum atomic E-state index is 13.1. The van der Waals surface area contributed by atoms with Gasteiger partial charge in [-0.3, -0.25) is 9.59 Å². The van der Waals surface area contributed by atoms with Gasteiger partial charge in [0.1, 0.15) is 11.8 Å². The molecule has 0 bridgehead atoms. The highest BCUT2D eigenvalue weighted by atomic mass is 35.5. The van der Waals surface area contributed by atoms with Crippen molar-refractivity contribution in [2.24, 2.45) is 0 Å². The lowest BCUT2D eigenvalue weighted by molar-refractivity contribution is -0.142. The van der Waals surface area contributed by atoms with Crippen molar-refractivity contribution in [1.29, 1.82) is 0 Å². The van der Waals surface area contributed by atoms with Crippen LogP contribution in [0.2, 0.25) is 5.02 Å². The summed E-state index contributed by atoms with van der Waals surface area (Å²) < 4.78 is 5.73. The summed E-state index contributed by atoms with van der Waals surface area (Å²) in [7, 11) is 0. The minimum Gasteiger partial charge on any atom is -0.484 e. The molecule has 2 aromatic carbocycles. The summed E-state index contributed by atoms with van der Waals surface area (Å²) in [6, 6.07) is 12.3. The van der Waals surface area contributed by atoms with Gasteiger partial charge in [-0.2, -0.15) is 0 Å². The molecule has 2 rings (SSSR count). The second kappa shape index (κ2) is 9.98.